The lowest BCUT2D eigenvalue weighted by molar-refractivity contribution is 0.305. The maximum Gasteiger partial charge on any atom is 0.115 e. The molecule has 2 nitrogen and oxygen atoms in total. The normalized spacial score (nSPS) is 14.5. The van der Waals surface area contributed by atoms with Crippen LogP contribution in [0.5, 0.6) is 5.75 Å². The Morgan fingerprint density at radius 3 is 2.39 bits per heavy atom. The molecule has 0 saturated heterocycles. The Morgan fingerprint density at radius 1 is 0.968 bits per heavy atom. The molecule has 2 N–H and O–H groups in total. The Balaban J connectivity index is 1.61. The number of allylic oxidation sites excluding steroid dienone is 2. The molecule has 3 aromatic rings. The van der Waals surface area contributed by atoms with Crippen LogP contribution in [0.4, 0.5) is 0 Å². The van der Waals surface area contributed by atoms with E-state index in [2.05, 4.69) is 36.4 Å². The van der Waals surface area contributed by atoms with Gasteiger partial charge in [-0.2, -0.15) is 0 Å². The molecule has 1 atom stereocenters. The zero-order valence-electron chi connectivity index (χ0n) is 16.9. The quantitative estimate of drug-likeness (QED) is 0.390. The molecular formula is C27H23ClO2S. The molecule has 0 radical (unpaired) electrons. The minimum absolute atomic E-state index is 0.0211. The highest BCUT2D eigenvalue weighted by Crippen LogP contribution is 2.37. The fourth-order valence-electron chi connectivity index (χ4n) is 3.50. The molecule has 1 aliphatic rings. The average Bonchev–Trinajstić information content (AvgIpc) is 3.20. The van der Waals surface area contributed by atoms with Gasteiger partial charge >= 0.3 is 0 Å². The van der Waals surface area contributed by atoms with Gasteiger partial charge in [0.15, 0.2) is 0 Å². The summed E-state index contributed by atoms with van der Waals surface area (Å²) in [6.45, 7) is 0.0211. The number of hydrogen-bond donors (Lipinski definition) is 2. The summed E-state index contributed by atoms with van der Waals surface area (Å²) in [4.78, 5) is 1.25. The fourth-order valence-corrected chi connectivity index (χ4v) is 4.78. The third-order valence-electron chi connectivity index (χ3n) is 5.13. The van der Waals surface area contributed by atoms with Gasteiger partial charge in [-0.3, -0.25) is 0 Å². The Hall–Kier alpha value is -2.72. The highest BCUT2D eigenvalue weighted by molar-refractivity contribution is 8.04. The van der Waals surface area contributed by atoms with E-state index in [4.69, 9.17) is 11.6 Å². The predicted octanol–water partition coefficient (Wildman–Crippen LogP) is 6.83. The molecule has 0 aromatic heterocycles. The van der Waals surface area contributed by atoms with Crippen LogP contribution in [-0.4, -0.2) is 22.1 Å². The minimum Gasteiger partial charge on any atom is -0.508 e. The van der Waals surface area contributed by atoms with Crippen molar-refractivity contribution in [3.8, 4) is 5.75 Å². The third-order valence-corrected chi connectivity index (χ3v) is 6.65. The second-order valence-electron chi connectivity index (χ2n) is 7.40. The van der Waals surface area contributed by atoms with Crippen molar-refractivity contribution in [2.45, 2.75) is 11.7 Å². The number of aliphatic hydroxyl groups is 1. The summed E-state index contributed by atoms with van der Waals surface area (Å²) in [7, 11) is 0. The fraction of sp³-hybridized carbons (Fsp3) is 0.111. The summed E-state index contributed by atoms with van der Waals surface area (Å²) >= 11 is 7.70. The van der Waals surface area contributed by atoms with Gasteiger partial charge in [0.05, 0.1) is 11.9 Å². The van der Waals surface area contributed by atoms with Gasteiger partial charge in [0.25, 0.3) is 0 Å². The van der Waals surface area contributed by atoms with Crippen LogP contribution < -0.4 is 0 Å². The van der Waals surface area contributed by atoms with E-state index >= 15 is 0 Å². The number of benzene rings is 3. The van der Waals surface area contributed by atoms with E-state index in [9.17, 15) is 10.2 Å². The van der Waals surface area contributed by atoms with Crippen LogP contribution >= 0.6 is 23.4 Å². The van der Waals surface area contributed by atoms with Crippen LogP contribution in [-0.2, 0) is 6.42 Å². The average molecular weight is 447 g/mol. The van der Waals surface area contributed by atoms with Crippen LogP contribution in [0, 0.1) is 0 Å². The zero-order valence-corrected chi connectivity index (χ0v) is 18.5. The first-order chi connectivity index (χ1) is 15.1. The Bertz CT molecular complexity index is 1130. The summed E-state index contributed by atoms with van der Waals surface area (Å²) in [6, 6.07) is 23.1. The van der Waals surface area contributed by atoms with Crippen molar-refractivity contribution in [3.05, 3.63) is 117 Å². The zero-order chi connectivity index (χ0) is 21.6. The lowest BCUT2D eigenvalue weighted by atomic mass is 10.1. The molecule has 156 valence electrons. The number of rotatable bonds is 7. The number of fused-ring (bicyclic) bond motifs is 1. The van der Waals surface area contributed by atoms with Crippen LogP contribution in [0.1, 0.15) is 22.3 Å². The number of phenolic OH excluding ortho intramolecular Hbond substituents is 1. The summed E-state index contributed by atoms with van der Waals surface area (Å²) in [6.07, 6.45) is 9.24. The van der Waals surface area contributed by atoms with E-state index in [1.54, 1.807) is 23.9 Å². The van der Waals surface area contributed by atoms with Gasteiger partial charge < -0.3 is 10.2 Å². The van der Waals surface area contributed by atoms with Gasteiger partial charge in [-0.25, -0.2) is 0 Å². The van der Waals surface area contributed by atoms with E-state index in [-0.39, 0.29) is 17.6 Å². The third kappa shape index (κ3) is 5.71. The molecule has 3 aromatic carbocycles. The molecule has 4 heteroatoms. The minimum atomic E-state index is -0.113. The van der Waals surface area contributed by atoms with Crippen LogP contribution in [0.15, 0.2) is 89.4 Å². The van der Waals surface area contributed by atoms with E-state index in [1.165, 1.54) is 16.0 Å². The Kier molecular flexibility index (Phi) is 6.98. The summed E-state index contributed by atoms with van der Waals surface area (Å²) in [5, 5.41) is 20.4. The molecule has 1 unspecified atom stereocenters. The SMILES string of the molecule is OCC(SC1=Cc2ccccc2C1)C(C=Cc1ccc(Cl)cc1)=Cc1ccc(O)cc1. The van der Waals surface area contributed by atoms with Crippen molar-refractivity contribution in [1.82, 2.24) is 0 Å². The number of halogens is 1. The first-order valence-corrected chi connectivity index (χ1v) is 11.4. The second kappa shape index (κ2) is 10.1. The topological polar surface area (TPSA) is 40.5 Å². The van der Waals surface area contributed by atoms with E-state index in [0.29, 0.717) is 5.02 Å². The number of aromatic hydroxyl groups is 1. The highest BCUT2D eigenvalue weighted by atomic mass is 35.5. The van der Waals surface area contributed by atoms with E-state index < -0.39 is 0 Å². The number of aliphatic hydroxyl groups excluding tert-OH is 1. The number of hydrogen-bond acceptors (Lipinski definition) is 3. The monoisotopic (exact) mass is 446 g/mol. The van der Waals surface area contributed by atoms with Crippen molar-refractivity contribution >= 4 is 41.6 Å². The lowest BCUT2D eigenvalue weighted by Gasteiger charge is -2.17. The Labute approximate surface area is 192 Å². The Morgan fingerprint density at radius 2 is 1.68 bits per heavy atom. The molecule has 0 bridgehead atoms. The lowest BCUT2D eigenvalue weighted by Crippen LogP contribution is -2.11. The molecule has 0 spiro atoms. The smallest absolute Gasteiger partial charge is 0.115 e. The van der Waals surface area contributed by atoms with E-state index in [1.807, 2.05) is 48.6 Å². The van der Waals surface area contributed by atoms with Crippen LogP contribution in [0.25, 0.3) is 18.2 Å². The molecule has 0 amide bonds. The van der Waals surface area contributed by atoms with Crippen molar-refractivity contribution in [2.75, 3.05) is 6.61 Å². The van der Waals surface area contributed by atoms with Gasteiger partial charge in [-0.15, -0.1) is 11.8 Å². The van der Waals surface area contributed by atoms with Gasteiger partial charge in [-0.1, -0.05) is 78.4 Å². The molecular weight excluding hydrogens is 424 g/mol. The van der Waals surface area contributed by atoms with Gasteiger partial charge in [0.1, 0.15) is 5.75 Å². The number of phenols is 1. The molecule has 0 fully saturated rings. The standard InChI is InChI=1S/C27H23ClO2S/c28-24-11-6-19(7-12-24)5-10-23(15-20-8-13-25(30)14-9-20)27(18-29)31-26-16-21-3-1-2-4-22(21)17-26/h1-16,27,29-30H,17-18H2. The first kappa shape index (κ1) is 21.5. The molecule has 0 aliphatic heterocycles. The number of thioether (sulfide) groups is 1. The van der Waals surface area contributed by atoms with Gasteiger partial charge in [0.2, 0.25) is 0 Å². The largest absolute Gasteiger partial charge is 0.508 e. The van der Waals surface area contributed by atoms with E-state index in [0.717, 1.165) is 23.1 Å². The molecule has 0 saturated carbocycles. The summed E-state index contributed by atoms with van der Waals surface area (Å²) in [5.41, 5.74) is 5.58. The van der Waals surface area contributed by atoms with Crippen molar-refractivity contribution in [1.29, 1.82) is 0 Å². The predicted molar refractivity (Wildman–Crippen MR) is 133 cm³/mol. The van der Waals surface area contributed by atoms with Crippen molar-refractivity contribution in [3.63, 3.8) is 0 Å². The molecule has 1 aliphatic carbocycles. The van der Waals surface area contributed by atoms with Crippen molar-refractivity contribution in [2.24, 2.45) is 0 Å². The van der Waals surface area contributed by atoms with Crippen LogP contribution in [0.2, 0.25) is 5.02 Å². The van der Waals surface area contributed by atoms with Gasteiger partial charge in [0, 0.05) is 11.4 Å². The molecule has 31 heavy (non-hydrogen) atoms. The summed E-state index contributed by atoms with van der Waals surface area (Å²) in [5.74, 6) is 0.234. The molecule has 0 heterocycles. The van der Waals surface area contributed by atoms with Crippen molar-refractivity contribution < 1.29 is 10.2 Å². The maximum atomic E-state index is 10.2. The first-order valence-electron chi connectivity index (χ1n) is 10.1. The summed E-state index contributed by atoms with van der Waals surface area (Å²) < 4.78 is 0. The maximum absolute atomic E-state index is 10.2. The highest BCUT2D eigenvalue weighted by Gasteiger charge is 2.19. The van der Waals surface area contributed by atoms with Gasteiger partial charge in [-0.05, 0) is 63.1 Å². The molecule has 4 rings (SSSR count). The van der Waals surface area contributed by atoms with Crippen LogP contribution in [0.3, 0.4) is 0 Å². The second-order valence-corrected chi connectivity index (χ2v) is 9.16.